The summed E-state index contributed by atoms with van der Waals surface area (Å²) in [6.45, 7) is 7.40. The van der Waals surface area contributed by atoms with Gasteiger partial charge in [-0.2, -0.15) is 0 Å². The van der Waals surface area contributed by atoms with Crippen LogP contribution in [0, 0.1) is 0 Å². The maximum absolute atomic E-state index is 5.67. The molecule has 0 bridgehead atoms. The lowest BCUT2D eigenvalue weighted by Gasteiger charge is -2.26. The first-order valence-electron chi connectivity index (χ1n) is 5.87. The van der Waals surface area contributed by atoms with Gasteiger partial charge < -0.3 is 4.74 Å². The molecule has 0 N–H and O–H groups in total. The fraction of sp³-hybridized carbons (Fsp3) is 0.538. The summed E-state index contributed by atoms with van der Waals surface area (Å²) in [4.78, 5) is 3.73. The second kappa shape index (κ2) is 5.21. The standard InChI is InChI=1S/C13H19NOS/c1-3-14(4-2)13(10-15-13)11-16-12-8-6-5-7-9-12/h5-9H,3-4,10-11H2,1-2H3. The van der Waals surface area contributed by atoms with Crippen LogP contribution in [0.3, 0.4) is 0 Å². The Morgan fingerprint density at radius 1 is 1.25 bits per heavy atom. The van der Waals surface area contributed by atoms with Gasteiger partial charge in [0.2, 0.25) is 0 Å². The van der Waals surface area contributed by atoms with Gasteiger partial charge in [-0.15, -0.1) is 11.8 Å². The molecule has 0 amide bonds. The molecule has 1 atom stereocenters. The largest absolute Gasteiger partial charge is 0.353 e. The van der Waals surface area contributed by atoms with Crippen molar-refractivity contribution in [3.63, 3.8) is 0 Å². The average molecular weight is 237 g/mol. The maximum Gasteiger partial charge on any atom is 0.154 e. The van der Waals surface area contributed by atoms with Gasteiger partial charge in [0.15, 0.2) is 5.72 Å². The fourth-order valence-corrected chi connectivity index (χ4v) is 3.04. The molecule has 1 aliphatic rings. The Hall–Kier alpha value is -0.510. The van der Waals surface area contributed by atoms with Gasteiger partial charge in [0, 0.05) is 10.6 Å². The van der Waals surface area contributed by atoms with Crippen molar-refractivity contribution >= 4 is 11.8 Å². The van der Waals surface area contributed by atoms with Crippen molar-refractivity contribution in [1.82, 2.24) is 4.90 Å². The minimum absolute atomic E-state index is 0.0179. The Labute approximate surface area is 102 Å². The molecule has 0 aromatic heterocycles. The van der Waals surface area contributed by atoms with Gasteiger partial charge in [0.1, 0.15) is 0 Å². The zero-order valence-corrected chi connectivity index (χ0v) is 10.8. The lowest BCUT2D eigenvalue weighted by molar-refractivity contribution is 0.109. The number of nitrogens with zero attached hydrogens (tertiary/aromatic N) is 1. The molecular formula is C13H19NOS. The van der Waals surface area contributed by atoms with E-state index in [1.807, 2.05) is 11.8 Å². The number of rotatable bonds is 6. The van der Waals surface area contributed by atoms with Gasteiger partial charge >= 0.3 is 0 Å². The van der Waals surface area contributed by atoms with Crippen molar-refractivity contribution in [3.05, 3.63) is 30.3 Å². The monoisotopic (exact) mass is 237 g/mol. The summed E-state index contributed by atoms with van der Waals surface area (Å²) in [6.07, 6.45) is 0. The molecule has 0 radical (unpaired) electrons. The Kier molecular flexibility index (Phi) is 3.90. The van der Waals surface area contributed by atoms with Gasteiger partial charge in [0.05, 0.1) is 6.61 Å². The summed E-state index contributed by atoms with van der Waals surface area (Å²) in [5.74, 6) is 1.03. The number of ether oxygens (including phenoxy) is 1. The van der Waals surface area contributed by atoms with Crippen LogP contribution in [0.15, 0.2) is 35.2 Å². The predicted molar refractivity (Wildman–Crippen MR) is 68.8 cm³/mol. The van der Waals surface area contributed by atoms with Crippen molar-refractivity contribution in [2.75, 3.05) is 25.4 Å². The molecule has 1 unspecified atom stereocenters. The first-order valence-corrected chi connectivity index (χ1v) is 6.86. The molecule has 1 aliphatic heterocycles. The van der Waals surface area contributed by atoms with Crippen molar-refractivity contribution in [2.45, 2.75) is 24.5 Å². The minimum atomic E-state index is 0.0179. The molecule has 1 aromatic carbocycles. The highest BCUT2D eigenvalue weighted by Gasteiger charge is 2.48. The van der Waals surface area contributed by atoms with E-state index in [0.717, 1.165) is 25.4 Å². The van der Waals surface area contributed by atoms with Crippen LogP contribution in [0.5, 0.6) is 0 Å². The highest BCUT2D eigenvalue weighted by Crippen LogP contribution is 2.36. The van der Waals surface area contributed by atoms with Crippen molar-refractivity contribution in [2.24, 2.45) is 0 Å². The Morgan fingerprint density at radius 2 is 1.88 bits per heavy atom. The summed E-state index contributed by atoms with van der Waals surface area (Å²) in [7, 11) is 0. The van der Waals surface area contributed by atoms with Gasteiger partial charge in [-0.3, -0.25) is 4.90 Å². The van der Waals surface area contributed by atoms with Gasteiger partial charge in [-0.25, -0.2) is 0 Å². The molecule has 2 nitrogen and oxygen atoms in total. The molecule has 0 saturated carbocycles. The Bertz CT molecular complexity index is 320. The first-order chi connectivity index (χ1) is 7.80. The van der Waals surface area contributed by atoms with Crippen molar-refractivity contribution in [3.8, 4) is 0 Å². The molecule has 0 spiro atoms. The molecule has 16 heavy (non-hydrogen) atoms. The summed E-state index contributed by atoms with van der Waals surface area (Å²) in [5, 5.41) is 0. The first kappa shape index (κ1) is 12.0. The summed E-state index contributed by atoms with van der Waals surface area (Å²) < 4.78 is 5.67. The highest BCUT2D eigenvalue weighted by atomic mass is 32.2. The number of hydrogen-bond donors (Lipinski definition) is 0. The second-order valence-corrected chi connectivity index (χ2v) is 5.06. The minimum Gasteiger partial charge on any atom is -0.353 e. The Balaban J connectivity index is 1.90. The molecule has 0 aliphatic carbocycles. The number of epoxide rings is 1. The molecule has 1 saturated heterocycles. The van der Waals surface area contributed by atoms with Crippen LogP contribution in [-0.4, -0.2) is 36.1 Å². The van der Waals surface area contributed by atoms with E-state index in [1.165, 1.54) is 4.90 Å². The van der Waals surface area contributed by atoms with Crippen LogP contribution >= 0.6 is 11.8 Å². The Morgan fingerprint density at radius 3 is 2.38 bits per heavy atom. The van der Waals surface area contributed by atoms with Crippen LogP contribution in [-0.2, 0) is 4.74 Å². The number of thioether (sulfide) groups is 1. The lowest BCUT2D eigenvalue weighted by atomic mass is 10.3. The van der Waals surface area contributed by atoms with Gasteiger partial charge in [0.25, 0.3) is 0 Å². The molecule has 1 aromatic rings. The molecule has 1 fully saturated rings. The number of likely N-dealkylation sites (N-methyl/N-ethyl adjacent to an activating group) is 1. The fourth-order valence-electron chi connectivity index (χ4n) is 1.95. The highest BCUT2D eigenvalue weighted by molar-refractivity contribution is 7.99. The van der Waals surface area contributed by atoms with Crippen LogP contribution in [0.2, 0.25) is 0 Å². The molecule has 2 rings (SSSR count). The van der Waals surface area contributed by atoms with Crippen LogP contribution in [0.25, 0.3) is 0 Å². The zero-order chi connectivity index (χ0) is 11.4. The van der Waals surface area contributed by atoms with Crippen molar-refractivity contribution < 1.29 is 4.74 Å². The van der Waals surface area contributed by atoms with Crippen LogP contribution < -0.4 is 0 Å². The summed E-state index contributed by atoms with van der Waals surface area (Å²) in [6, 6.07) is 10.5. The molecular weight excluding hydrogens is 218 g/mol. The van der Waals surface area contributed by atoms with Crippen molar-refractivity contribution in [1.29, 1.82) is 0 Å². The third kappa shape index (κ3) is 2.59. The SMILES string of the molecule is CCN(CC)C1(CSc2ccccc2)CO1. The lowest BCUT2D eigenvalue weighted by Crippen LogP contribution is -2.40. The quantitative estimate of drug-likeness (QED) is 0.559. The normalized spacial score (nSPS) is 23.7. The smallest absolute Gasteiger partial charge is 0.154 e. The summed E-state index contributed by atoms with van der Waals surface area (Å²) in [5.41, 5.74) is 0.0179. The molecule has 1 heterocycles. The van der Waals surface area contributed by atoms with E-state index in [-0.39, 0.29) is 5.72 Å². The maximum atomic E-state index is 5.67. The summed E-state index contributed by atoms with van der Waals surface area (Å²) >= 11 is 1.88. The van der Waals surface area contributed by atoms with E-state index in [9.17, 15) is 0 Å². The van der Waals surface area contributed by atoms with E-state index < -0.39 is 0 Å². The average Bonchev–Trinajstić information content (AvgIpc) is 3.11. The van der Waals surface area contributed by atoms with Gasteiger partial charge in [-0.05, 0) is 25.2 Å². The van der Waals surface area contributed by atoms with Gasteiger partial charge in [-0.1, -0.05) is 32.0 Å². The van der Waals surface area contributed by atoms with E-state index in [4.69, 9.17) is 4.74 Å². The second-order valence-electron chi connectivity index (χ2n) is 4.01. The van der Waals surface area contributed by atoms with E-state index >= 15 is 0 Å². The zero-order valence-electron chi connectivity index (χ0n) is 9.98. The molecule has 3 heteroatoms. The number of benzene rings is 1. The third-order valence-electron chi connectivity index (χ3n) is 3.02. The van der Waals surface area contributed by atoms with E-state index in [1.54, 1.807) is 0 Å². The number of hydrogen-bond acceptors (Lipinski definition) is 3. The topological polar surface area (TPSA) is 15.8 Å². The third-order valence-corrected chi connectivity index (χ3v) is 4.23. The molecule has 88 valence electrons. The van der Waals surface area contributed by atoms with Crippen LogP contribution in [0.1, 0.15) is 13.8 Å². The van der Waals surface area contributed by atoms with E-state index in [0.29, 0.717) is 0 Å². The van der Waals surface area contributed by atoms with Crippen LogP contribution in [0.4, 0.5) is 0 Å². The predicted octanol–water partition coefficient (Wildman–Crippen LogP) is 2.85. The van der Waals surface area contributed by atoms with E-state index in [2.05, 4.69) is 49.1 Å².